The van der Waals surface area contributed by atoms with Crippen LogP contribution in [-0.4, -0.2) is 33.9 Å². The molecule has 0 N–H and O–H groups in total. The van der Waals surface area contributed by atoms with Crippen LogP contribution >= 0.6 is 0 Å². The monoisotopic (exact) mass is 280 g/mol. The van der Waals surface area contributed by atoms with E-state index < -0.39 is 22.2 Å². The molecular weight excluding hydrogens is 256 g/mol. The molecule has 0 aliphatic carbocycles. The zero-order valence-electron chi connectivity index (χ0n) is 11.6. The van der Waals surface area contributed by atoms with E-state index in [1.54, 1.807) is 6.92 Å². The first-order chi connectivity index (χ1) is 8.31. The third-order valence-electron chi connectivity index (χ3n) is 2.74. The quantitative estimate of drug-likeness (QED) is 0.367. The van der Waals surface area contributed by atoms with Gasteiger partial charge in [-0.25, -0.2) is 4.79 Å². The summed E-state index contributed by atoms with van der Waals surface area (Å²) in [5, 5.41) is 0. The Labute approximate surface area is 110 Å². The standard InChI is InChI=1S/C12H24O5S/c1-5-6-7-8-9-10(2)11(12(13)16-3)17-18(4,14)15/h10-11H,5-9H2,1-4H3. The lowest BCUT2D eigenvalue weighted by atomic mass is 9.97. The number of unbranched alkanes of at least 4 members (excludes halogenated alkanes) is 3. The van der Waals surface area contributed by atoms with Crippen LogP contribution in [0.5, 0.6) is 0 Å². The molecule has 6 heteroatoms. The van der Waals surface area contributed by atoms with Crippen molar-refractivity contribution >= 4 is 16.1 Å². The van der Waals surface area contributed by atoms with Gasteiger partial charge in [-0.3, -0.25) is 4.18 Å². The second-order valence-corrected chi connectivity index (χ2v) is 6.17. The molecule has 18 heavy (non-hydrogen) atoms. The molecule has 0 saturated carbocycles. The van der Waals surface area contributed by atoms with Crippen molar-refractivity contribution < 1.29 is 22.1 Å². The number of esters is 1. The van der Waals surface area contributed by atoms with E-state index in [9.17, 15) is 13.2 Å². The van der Waals surface area contributed by atoms with Crippen LogP contribution < -0.4 is 0 Å². The molecule has 108 valence electrons. The number of carbonyl (C=O) groups excluding carboxylic acids is 1. The Kier molecular flexibility index (Phi) is 8.18. The highest BCUT2D eigenvalue weighted by molar-refractivity contribution is 7.86. The lowest BCUT2D eigenvalue weighted by Crippen LogP contribution is -2.34. The normalized spacial score (nSPS) is 15.1. The summed E-state index contributed by atoms with van der Waals surface area (Å²) in [5.74, 6) is -0.813. The van der Waals surface area contributed by atoms with Crippen molar-refractivity contribution in [1.29, 1.82) is 0 Å². The van der Waals surface area contributed by atoms with Crippen molar-refractivity contribution in [1.82, 2.24) is 0 Å². The number of carbonyl (C=O) groups is 1. The maximum absolute atomic E-state index is 11.5. The largest absolute Gasteiger partial charge is 0.467 e. The van der Waals surface area contributed by atoms with Crippen molar-refractivity contribution in [2.45, 2.75) is 52.1 Å². The Bertz CT molecular complexity index is 336. The van der Waals surface area contributed by atoms with Crippen LogP contribution in [0.25, 0.3) is 0 Å². The maximum Gasteiger partial charge on any atom is 0.336 e. The van der Waals surface area contributed by atoms with E-state index >= 15 is 0 Å². The van der Waals surface area contributed by atoms with Gasteiger partial charge in [-0.05, 0) is 12.3 Å². The number of ether oxygens (including phenoxy) is 1. The van der Waals surface area contributed by atoms with Gasteiger partial charge in [0.05, 0.1) is 13.4 Å². The van der Waals surface area contributed by atoms with Crippen molar-refractivity contribution in [3.63, 3.8) is 0 Å². The average Bonchev–Trinajstić information content (AvgIpc) is 2.29. The molecule has 5 nitrogen and oxygen atoms in total. The molecule has 0 aromatic heterocycles. The highest BCUT2D eigenvalue weighted by Crippen LogP contribution is 2.19. The van der Waals surface area contributed by atoms with Crippen LogP contribution in [0.4, 0.5) is 0 Å². The molecule has 0 rings (SSSR count). The summed E-state index contributed by atoms with van der Waals surface area (Å²) < 4.78 is 31.6. The minimum Gasteiger partial charge on any atom is -0.467 e. The molecule has 0 saturated heterocycles. The van der Waals surface area contributed by atoms with Gasteiger partial charge in [0.15, 0.2) is 6.10 Å². The summed E-state index contributed by atoms with van der Waals surface area (Å²) in [6.07, 6.45) is 4.95. The predicted molar refractivity (Wildman–Crippen MR) is 69.7 cm³/mol. The lowest BCUT2D eigenvalue weighted by molar-refractivity contribution is -0.151. The van der Waals surface area contributed by atoms with Gasteiger partial charge in [-0.15, -0.1) is 0 Å². The van der Waals surface area contributed by atoms with Gasteiger partial charge in [-0.1, -0.05) is 39.5 Å². The van der Waals surface area contributed by atoms with Crippen molar-refractivity contribution in [2.75, 3.05) is 13.4 Å². The van der Waals surface area contributed by atoms with Gasteiger partial charge in [-0.2, -0.15) is 8.42 Å². The minimum absolute atomic E-state index is 0.177. The van der Waals surface area contributed by atoms with Gasteiger partial charge in [0.25, 0.3) is 10.1 Å². The highest BCUT2D eigenvalue weighted by Gasteiger charge is 2.30. The molecule has 0 bridgehead atoms. The first-order valence-corrected chi connectivity index (χ1v) is 8.09. The number of rotatable bonds is 9. The molecule has 0 spiro atoms. The van der Waals surface area contributed by atoms with Gasteiger partial charge in [0.2, 0.25) is 0 Å². The summed E-state index contributed by atoms with van der Waals surface area (Å²) in [7, 11) is -2.43. The van der Waals surface area contributed by atoms with Crippen LogP contribution in [0.15, 0.2) is 0 Å². The molecule has 0 radical (unpaired) electrons. The molecule has 0 aromatic carbocycles. The zero-order chi connectivity index (χ0) is 14.2. The van der Waals surface area contributed by atoms with E-state index in [1.807, 2.05) is 0 Å². The molecule has 0 aromatic rings. The molecule has 2 atom stereocenters. The predicted octanol–water partition coefficient (Wildman–Crippen LogP) is 2.11. The van der Waals surface area contributed by atoms with Gasteiger partial charge in [0, 0.05) is 0 Å². The second kappa shape index (κ2) is 8.48. The number of hydrogen-bond acceptors (Lipinski definition) is 5. The van der Waals surface area contributed by atoms with Gasteiger partial charge in [0.1, 0.15) is 0 Å². The molecule has 0 aliphatic rings. The van der Waals surface area contributed by atoms with Gasteiger partial charge >= 0.3 is 5.97 Å². The number of methoxy groups -OCH3 is 1. The zero-order valence-corrected chi connectivity index (χ0v) is 12.5. The fraction of sp³-hybridized carbons (Fsp3) is 0.917. The average molecular weight is 280 g/mol. The summed E-state index contributed by atoms with van der Waals surface area (Å²) in [5.41, 5.74) is 0. The SMILES string of the molecule is CCCCCCC(C)C(OS(C)(=O)=O)C(=O)OC. The molecule has 0 amide bonds. The lowest BCUT2D eigenvalue weighted by Gasteiger charge is -2.20. The van der Waals surface area contributed by atoms with Crippen LogP contribution in [0.2, 0.25) is 0 Å². The molecule has 2 unspecified atom stereocenters. The van der Waals surface area contributed by atoms with E-state index in [0.29, 0.717) is 0 Å². The van der Waals surface area contributed by atoms with Crippen LogP contribution in [0.3, 0.4) is 0 Å². The maximum atomic E-state index is 11.5. The summed E-state index contributed by atoms with van der Waals surface area (Å²) in [4.78, 5) is 11.5. The minimum atomic E-state index is -3.66. The Balaban J connectivity index is 4.41. The Morgan fingerprint density at radius 2 is 1.83 bits per heavy atom. The fourth-order valence-corrected chi connectivity index (χ4v) is 2.36. The Morgan fingerprint density at radius 1 is 1.22 bits per heavy atom. The first kappa shape index (κ1) is 17.4. The van der Waals surface area contributed by atoms with Gasteiger partial charge < -0.3 is 4.74 Å². The smallest absolute Gasteiger partial charge is 0.336 e. The Hall–Kier alpha value is -0.620. The molecule has 0 aliphatic heterocycles. The summed E-state index contributed by atoms with van der Waals surface area (Å²) >= 11 is 0. The van der Waals surface area contributed by atoms with E-state index in [1.165, 1.54) is 7.11 Å². The number of hydrogen-bond donors (Lipinski definition) is 0. The third-order valence-corrected chi connectivity index (χ3v) is 3.30. The highest BCUT2D eigenvalue weighted by atomic mass is 32.2. The van der Waals surface area contributed by atoms with Crippen molar-refractivity contribution in [3.05, 3.63) is 0 Å². The second-order valence-electron chi connectivity index (χ2n) is 4.57. The first-order valence-electron chi connectivity index (χ1n) is 6.28. The van der Waals surface area contributed by atoms with E-state index in [-0.39, 0.29) is 5.92 Å². The summed E-state index contributed by atoms with van der Waals surface area (Å²) in [6.45, 7) is 3.92. The van der Waals surface area contributed by atoms with Crippen molar-refractivity contribution in [2.24, 2.45) is 5.92 Å². The molecular formula is C12H24O5S. The van der Waals surface area contributed by atoms with E-state index in [0.717, 1.165) is 38.4 Å². The van der Waals surface area contributed by atoms with E-state index in [2.05, 4.69) is 11.7 Å². The molecule has 0 fully saturated rings. The third kappa shape index (κ3) is 7.66. The summed E-state index contributed by atoms with van der Waals surface area (Å²) in [6, 6.07) is 0. The van der Waals surface area contributed by atoms with E-state index in [4.69, 9.17) is 4.18 Å². The van der Waals surface area contributed by atoms with Crippen LogP contribution in [-0.2, 0) is 23.8 Å². The Morgan fingerprint density at radius 3 is 2.28 bits per heavy atom. The molecule has 0 heterocycles. The van der Waals surface area contributed by atoms with Crippen LogP contribution in [0, 0.1) is 5.92 Å². The fourth-order valence-electron chi connectivity index (χ4n) is 1.72. The van der Waals surface area contributed by atoms with Crippen LogP contribution in [0.1, 0.15) is 46.0 Å². The topological polar surface area (TPSA) is 69.7 Å². The van der Waals surface area contributed by atoms with Crippen molar-refractivity contribution in [3.8, 4) is 0 Å².